The predicted octanol–water partition coefficient (Wildman–Crippen LogP) is 1.37. The molecule has 0 radical (unpaired) electrons. The molecule has 1 saturated heterocycles. The van der Waals surface area contributed by atoms with Crippen molar-refractivity contribution >= 4 is 17.7 Å². The number of esters is 1. The van der Waals surface area contributed by atoms with E-state index in [1.807, 2.05) is 12.1 Å². The highest BCUT2D eigenvalue weighted by Crippen LogP contribution is 2.32. The van der Waals surface area contributed by atoms with Crippen LogP contribution >= 0.6 is 0 Å². The van der Waals surface area contributed by atoms with Gasteiger partial charge >= 0.3 is 5.97 Å². The third-order valence-corrected chi connectivity index (χ3v) is 7.24. The third kappa shape index (κ3) is 7.78. The van der Waals surface area contributed by atoms with E-state index in [0.717, 1.165) is 57.1 Å². The van der Waals surface area contributed by atoms with E-state index in [9.17, 15) is 14.4 Å². The minimum atomic E-state index is -0.695. The van der Waals surface area contributed by atoms with Gasteiger partial charge in [0, 0.05) is 57.5 Å². The molecule has 1 aliphatic carbocycles. The lowest BCUT2D eigenvalue weighted by atomic mass is 10.00. The summed E-state index contributed by atoms with van der Waals surface area (Å²) in [4.78, 5) is 42.9. The number of ketones is 1. The maximum Gasteiger partial charge on any atom is 0.305 e. The summed E-state index contributed by atoms with van der Waals surface area (Å²) in [5, 5.41) is 0. The van der Waals surface area contributed by atoms with Crippen molar-refractivity contribution in [2.45, 2.75) is 32.0 Å². The van der Waals surface area contributed by atoms with Gasteiger partial charge in [-0.15, -0.1) is 0 Å². The van der Waals surface area contributed by atoms with Gasteiger partial charge in [0.1, 0.15) is 12.6 Å². The first kappa shape index (κ1) is 28.5. The number of carbonyl (C=O) groups excluding carboxylic acids is 3. The number of nitrogens with zero attached hydrogens (tertiary/aromatic N) is 3. The van der Waals surface area contributed by atoms with Crippen LogP contribution in [-0.2, 0) is 41.7 Å². The lowest BCUT2D eigenvalue weighted by molar-refractivity contribution is -0.141. The summed E-state index contributed by atoms with van der Waals surface area (Å²) in [5.74, 6) is -0.892. The zero-order valence-corrected chi connectivity index (χ0v) is 22.8. The topological polar surface area (TPSA) is 115 Å². The zero-order chi connectivity index (χ0) is 27.8. The Hall–Kier alpha value is -3.47. The number of hydrogen-bond acceptors (Lipinski definition) is 9. The van der Waals surface area contributed by atoms with Crippen LogP contribution < -0.4 is 5.73 Å². The normalized spacial score (nSPS) is 18.3. The van der Waals surface area contributed by atoms with Crippen LogP contribution in [0.2, 0.25) is 0 Å². The second kappa shape index (κ2) is 13.5. The van der Waals surface area contributed by atoms with Crippen LogP contribution in [0, 0.1) is 0 Å². The van der Waals surface area contributed by atoms with Gasteiger partial charge in [-0.25, -0.2) is 0 Å². The van der Waals surface area contributed by atoms with Gasteiger partial charge in [0.2, 0.25) is 11.7 Å². The first-order chi connectivity index (χ1) is 18.8. The minimum Gasteiger partial charge on any atom is -0.484 e. The van der Waals surface area contributed by atoms with E-state index in [1.165, 1.54) is 18.7 Å². The number of fused-ring (bicyclic) bond motifs is 1. The zero-order valence-electron chi connectivity index (χ0n) is 22.8. The van der Waals surface area contributed by atoms with Crippen molar-refractivity contribution < 1.29 is 28.6 Å². The molecule has 0 saturated carbocycles. The average Bonchev–Trinajstić information content (AvgIpc) is 3.36. The maximum atomic E-state index is 12.7. The fourth-order valence-corrected chi connectivity index (χ4v) is 4.92. The second-order valence-corrected chi connectivity index (χ2v) is 10.1. The second-order valence-electron chi connectivity index (χ2n) is 10.1. The molecule has 3 aliphatic rings. The Morgan fingerprint density at radius 1 is 1.13 bits per heavy atom. The number of methoxy groups -OCH3 is 1. The number of ether oxygens (including phenoxy) is 3. The molecule has 39 heavy (non-hydrogen) atoms. The molecule has 2 N–H and O–H groups in total. The molecule has 4 rings (SSSR count). The highest BCUT2D eigenvalue weighted by Gasteiger charge is 2.33. The molecular formula is C29H38N4O6. The Kier molecular flexibility index (Phi) is 9.91. The summed E-state index contributed by atoms with van der Waals surface area (Å²) in [6.07, 6.45) is 5.27. The van der Waals surface area contributed by atoms with Gasteiger partial charge in [-0.1, -0.05) is 24.3 Å². The number of likely N-dealkylation sites (N-methyl/N-ethyl adjacent to an activating group) is 1. The van der Waals surface area contributed by atoms with Crippen molar-refractivity contribution in [2.75, 3.05) is 60.1 Å². The van der Waals surface area contributed by atoms with Crippen LogP contribution in [0.15, 0.2) is 59.5 Å². The molecule has 1 atom stereocenters. The number of primary amides is 1. The molecule has 0 bridgehead atoms. The molecule has 1 aromatic rings. The van der Waals surface area contributed by atoms with E-state index in [-0.39, 0.29) is 31.0 Å². The number of morpholine rings is 1. The van der Waals surface area contributed by atoms with Crippen molar-refractivity contribution in [3.05, 3.63) is 70.6 Å². The first-order valence-corrected chi connectivity index (χ1v) is 13.3. The Balaban J connectivity index is 1.32. The number of carbonyl (C=O) groups is 3. The summed E-state index contributed by atoms with van der Waals surface area (Å²) in [5.41, 5.74) is 9.30. The molecule has 1 unspecified atom stereocenters. The van der Waals surface area contributed by atoms with E-state index in [4.69, 9.17) is 15.2 Å². The molecule has 1 aromatic carbocycles. The van der Waals surface area contributed by atoms with Gasteiger partial charge in [0.05, 0.1) is 20.3 Å². The largest absolute Gasteiger partial charge is 0.484 e. The van der Waals surface area contributed by atoms with Gasteiger partial charge in [-0.3, -0.25) is 19.3 Å². The van der Waals surface area contributed by atoms with Gasteiger partial charge in [0.25, 0.3) is 0 Å². The number of hydrogen-bond donors (Lipinski definition) is 1. The molecule has 2 heterocycles. The SMILES string of the molecule is COC(=O)CCC(C(N)=O)N1C=C2C=CC(=O)C(OCc3ccc(CN(C)CCN4CCOCC4)cc3)=C2C1. The molecule has 10 nitrogen and oxygen atoms in total. The Morgan fingerprint density at radius 2 is 1.85 bits per heavy atom. The molecule has 2 aliphatic heterocycles. The molecule has 0 aromatic heterocycles. The molecule has 10 heteroatoms. The van der Waals surface area contributed by atoms with Crippen LogP contribution in [0.25, 0.3) is 0 Å². The highest BCUT2D eigenvalue weighted by molar-refractivity contribution is 6.05. The van der Waals surface area contributed by atoms with Crippen molar-refractivity contribution in [3.8, 4) is 0 Å². The van der Waals surface area contributed by atoms with Crippen LogP contribution in [0.4, 0.5) is 0 Å². The lowest BCUT2D eigenvalue weighted by Gasteiger charge is -2.28. The Labute approximate surface area is 229 Å². The summed E-state index contributed by atoms with van der Waals surface area (Å²) in [7, 11) is 3.43. The molecule has 0 spiro atoms. The minimum absolute atomic E-state index is 0.0701. The Morgan fingerprint density at radius 3 is 2.54 bits per heavy atom. The highest BCUT2D eigenvalue weighted by atomic mass is 16.5. The van der Waals surface area contributed by atoms with E-state index >= 15 is 0 Å². The Bertz CT molecular complexity index is 1140. The van der Waals surface area contributed by atoms with Crippen LogP contribution in [0.1, 0.15) is 24.0 Å². The van der Waals surface area contributed by atoms with Gasteiger partial charge < -0.3 is 29.7 Å². The fourth-order valence-electron chi connectivity index (χ4n) is 4.92. The summed E-state index contributed by atoms with van der Waals surface area (Å²) in [6.45, 7) is 7.04. The van der Waals surface area contributed by atoms with Crippen LogP contribution in [-0.4, -0.2) is 98.5 Å². The van der Waals surface area contributed by atoms with E-state index in [2.05, 4.69) is 33.7 Å². The van der Waals surface area contributed by atoms with Crippen LogP contribution in [0.5, 0.6) is 0 Å². The number of nitrogens with two attached hydrogens (primary N) is 1. The standard InChI is InChI=1S/C29H38N4O6/c1-31(11-12-32-13-15-38-16-14-32)17-21-3-5-22(6-4-21)20-39-28-24-19-33(18-23(24)7-9-26(28)34)25(29(30)36)8-10-27(35)37-2/h3-7,9,18,25H,8,10-17,19-20H2,1-2H3,(H2,30,36). The van der Waals surface area contributed by atoms with Crippen molar-refractivity contribution in [3.63, 3.8) is 0 Å². The molecule has 210 valence electrons. The smallest absolute Gasteiger partial charge is 0.305 e. The monoisotopic (exact) mass is 538 g/mol. The molecule has 1 amide bonds. The van der Waals surface area contributed by atoms with Crippen LogP contribution in [0.3, 0.4) is 0 Å². The first-order valence-electron chi connectivity index (χ1n) is 13.3. The van der Waals surface area contributed by atoms with Gasteiger partial charge in [0.15, 0.2) is 5.76 Å². The quantitative estimate of drug-likeness (QED) is 0.372. The van der Waals surface area contributed by atoms with Crippen molar-refractivity contribution in [1.29, 1.82) is 0 Å². The van der Waals surface area contributed by atoms with E-state index < -0.39 is 17.9 Å². The molecule has 1 fully saturated rings. The average molecular weight is 539 g/mol. The van der Waals surface area contributed by atoms with Crippen molar-refractivity contribution in [1.82, 2.24) is 14.7 Å². The van der Waals surface area contributed by atoms with Gasteiger partial charge in [-0.05, 0) is 42.3 Å². The summed E-state index contributed by atoms with van der Waals surface area (Å²) < 4.78 is 16.1. The number of amides is 1. The maximum absolute atomic E-state index is 12.7. The fraction of sp³-hybridized carbons (Fsp3) is 0.483. The lowest BCUT2D eigenvalue weighted by Crippen LogP contribution is -2.41. The number of rotatable bonds is 13. The number of benzene rings is 1. The number of allylic oxidation sites excluding steroid dienone is 2. The van der Waals surface area contributed by atoms with Crippen molar-refractivity contribution in [2.24, 2.45) is 5.73 Å². The van der Waals surface area contributed by atoms with E-state index in [1.54, 1.807) is 17.2 Å². The summed E-state index contributed by atoms with van der Waals surface area (Å²) in [6, 6.07) is 7.52. The predicted molar refractivity (Wildman–Crippen MR) is 145 cm³/mol. The van der Waals surface area contributed by atoms with E-state index in [0.29, 0.717) is 12.1 Å². The van der Waals surface area contributed by atoms with Gasteiger partial charge in [-0.2, -0.15) is 0 Å². The third-order valence-electron chi connectivity index (χ3n) is 7.24. The summed E-state index contributed by atoms with van der Waals surface area (Å²) >= 11 is 0. The molecular weight excluding hydrogens is 500 g/mol.